The Morgan fingerprint density at radius 3 is 2.00 bits per heavy atom. The molecule has 0 saturated heterocycles. The van der Waals surface area contributed by atoms with Gasteiger partial charge < -0.3 is 5.32 Å². The van der Waals surface area contributed by atoms with Crippen LogP contribution in [0, 0.1) is 0 Å². The number of amides is 1. The summed E-state index contributed by atoms with van der Waals surface area (Å²) in [6, 6.07) is 2.93. The molecule has 0 aliphatic carbocycles. The molecule has 0 saturated carbocycles. The summed E-state index contributed by atoms with van der Waals surface area (Å²) < 4.78 is 72.1. The van der Waals surface area contributed by atoms with Crippen LogP contribution in [0.3, 0.4) is 0 Å². The predicted octanol–water partition coefficient (Wildman–Crippen LogP) is 4.23. The van der Waals surface area contributed by atoms with Gasteiger partial charge in [-0.3, -0.25) is 4.79 Å². The molecule has 0 aliphatic heterocycles. The van der Waals surface area contributed by atoms with E-state index in [2.05, 4.69) is 0 Å². The molecule has 108 valence electrons. The van der Waals surface area contributed by atoms with Crippen molar-refractivity contribution in [3.8, 4) is 0 Å². The highest BCUT2D eigenvalue weighted by molar-refractivity contribution is 5.94. The first-order valence-corrected chi connectivity index (χ1v) is 5.16. The van der Waals surface area contributed by atoms with Crippen molar-refractivity contribution in [1.29, 1.82) is 0 Å². The largest absolute Gasteiger partial charge is 0.471 e. The average molecular weight is 287 g/mol. The number of halogens is 6. The van der Waals surface area contributed by atoms with E-state index in [4.69, 9.17) is 0 Å². The molecule has 1 N–H and O–H groups in total. The maximum atomic E-state index is 12.2. The van der Waals surface area contributed by atoms with Crippen molar-refractivity contribution in [1.82, 2.24) is 0 Å². The van der Waals surface area contributed by atoms with E-state index in [9.17, 15) is 31.1 Å². The van der Waals surface area contributed by atoms with Crippen molar-refractivity contribution < 1.29 is 31.1 Å². The molecular formula is C11H11F6NO. The number of nitrogens with one attached hydrogen (secondary N) is 1. The molecule has 0 aromatic heterocycles. The molecule has 2 nitrogen and oxygen atoms in total. The molecule has 19 heavy (non-hydrogen) atoms. The van der Waals surface area contributed by atoms with E-state index >= 15 is 0 Å². The first-order valence-electron chi connectivity index (χ1n) is 5.16. The lowest BCUT2D eigenvalue weighted by Crippen LogP contribution is -2.30. The van der Waals surface area contributed by atoms with Crippen molar-refractivity contribution in [2.24, 2.45) is 0 Å². The van der Waals surface area contributed by atoms with Crippen molar-refractivity contribution in [2.75, 3.05) is 5.32 Å². The summed E-state index contributed by atoms with van der Waals surface area (Å²) in [5.41, 5.74) is -1.71. The topological polar surface area (TPSA) is 29.1 Å². The minimum atomic E-state index is -5.14. The third-order valence-corrected chi connectivity index (χ3v) is 1.71. The number of benzene rings is 1. The molecule has 1 amide bonds. The molecule has 0 unspecified atom stereocenters. The number of alkyl halides is 6. The molecule has 1 aromatic carbocycles. The van der Waals surface area contributed by atoms with Gasteiger partial charge in [0.1, 0.15) is 0 Å². The fourth-order valence-electron chi connectivity index (χ4n) is 0.975. The van der Waals surface area contributed by atoms with E-state index in [1.54, 1.807) is 0 Å². The molecule has 0 bridgehead atoms. The standard InChI is InChI=1S/C9H5F6NO.C2H6/c10-8(11,12)5-2-1-3-6(4-5)16-7(17)9(13,14)15;1-2/h1-4H,(H,16,17);1-2H3. The number of rotatable bonds is 1. The van der Waals surface area contributed by atoms with Gasteiger partial charge >= 0.3 is 18.3 Å². The Balaban J connectivity index is 0.00000154. The first kappa shape index (κ1) is 17.3. The third-order valence-electron chi connectivity index (χ3n) is 1.71. The van der Waals surface area contributed by atoms with Gasteiger partial charge in [-0.1, -0.05) is 19.9 Å². The van der Waals surface area contributed by atoms with Crippen LogP contribution in [0.4, 0.5) is 32.0 Å². The fraction of sp³-hybridized carbons (Fsp3) is 0.364. The maximum Gasteiger partial charge on any atom is 0.471 e. The van der Waals surface area contributed by atoms with Gasteiger partial charge in [-0.25, -0.2) is 0 Å². The second kappa shape index (κ2) is 6.44. The van der Waals surface area contributed by atoms with Crippen LogP contribution in [0.25, 0.3) is 0 Å². The number of carbonyl (C=O) groups is 1. The minimum absolute atomic E-state index is 0.420. The van der Waals surface area contributed by atoms with Crippen LogP contribution in [-0.4, -0.2) is 12.1 Å². The summed E-state index contributed by atoms with van der Waals surface area (Å²) in [6.45, 7) is 4.00. The normalized spacial score (nSPS) is 11.4. The molecule has 1 aromatic rings. The molecule has 1 rings (SSSR count). The Morgan fingerprint density at radius 2 is 1.58 bits per heavy atom. The predicted molar refractivity (Wildman–Crippen MR) is 57.5 cm³/mol. The molecule has 0 fully saturated rings. The van der Waals surface area contributed by atoms with Crippen LogP contribution < -0.4 is 5.32 Å². The summed E-state index contributed by atoms with van der Waals surface area (Å²) in [5, 5.41) is 1.33. The summed E-state index contributed by atoms with van der Waals surface area (Å²) in [4.78, 5) is 10.5. The van der Waals surface area contributed by atoms with Crippen molar-refractivity contribution in [2.45, 2.75) is 26.2 Å². The molecule has 0 spiro atoms. The van der Waals surface area contributed by atoms with E-state index in [1.807, 2.05) is 13.8 Å². The highest BCUT2D eigenvalue weighted by Gasteiger charge is 2.39. The van der Waals surface area contributed by atoms with E-state index in [1.165, 1.54) is 5.32 Å². The minimum Gasteiger partial charge on any atom is -0.318 e. The van der Waals surface area contributed by atoms with Crippen LogP contribution >= 0.6 is 0 Å². The lowest BCUT2D eigenvalue weighted by molar-refractivity contribution is -0.167. The highest BCUT2D eigenvalue weighted by atomic mass is 19.4. The number of anilines is 1. The van der Waals surface area contributed by atoms with Crippen molar-refractivity contribution in [3.63, 3.8) is 0 Å². The summed E-state index contributed by atoms with van der Waals surface area (Å²) in [7, 11) is 0. The molecule has 8 heteroatoms. The van der Waals surface area contributed by atoms with Crippen LogP contribution in [0.2, 0.25) is 0 Å². The molecule has 0 heterocycles. The van der Waals surface area contributed by atoms with Gasteiger partial charge in [0.15, 0.2) is 0 Å². The van der Waals surface area contributed by atoms with Gasteiger partial charge in [-0.15, -0.1) is 0 Å². The third kappa shape index (κ3) is 5.62. The Bertz CT molecular complexity index is 424. The lowest BCUT2D eigenvalue weighted by Gasteiger charge is -2.10. The average Bonchev–Trinajstić information content (AvgIpc) is 2.29. The SMILES string of the molecule is CC.O=C(Nc1cccc(C(F)(F)F)c1)C(F)(F)F. The Kier molecular flexibility index (Phi) is 5.85. The molecule has 0 atom stereocenters. The highest BCUT2D eigenvalue weighted by Crippen LogP contribution is 2.31. The van der Waals surface area contributed by atoms with Crippen LogP contribution in [0.1, 0.15) is 19.4 Å². The molecule has 0 aliphatic rings. The van der Waals surface area contributed by atoms with Gasteiger partial charge in [0.05, 0.1) is 5.56 Å². The lowest BCUT2D eigenvalue weighted by atomic mass is 10.2. The van der Waals surface area contributed by atoms with Crippen molar-refractivity contribution >= 4 is 11.6 Å². The zero-order valence-electron chi connectivity index (χ0n) is 9.99. The summed E-state index contributed by atoms with van der Waals surface area (Å²) in [5.74, 6) is -2.32. The van der Waals surface area contributed by atoms with Gasteiger partial charge in [0.2, 0.25) is 0 Å². The second-order valence-electron chi connectivity index (χ2n) is 3.03. The maximum absolute atomic E-state index is 12.2. The monoisotopic (exact) mass is 287 g/mol. The Hall–Kier alpha value is -1.73. The van der Waals surface area contributed by atoms with Crippen molar-refractivity contribution in [3.05, 3.63) is 29.8 Å². The second-order valence-corrected chi connectivity index (χ2v) is 3.03. The van der Waals surface area contributed by atoms with Crippen LogP contribution in [-0.2, 0) is 11.0 Å². The quantitative estimate of drug-likeness (QED) is 0.769. The van der Waals surface area contributed by atoms with E-state index in [0.717, 1.165) is 12.1 Å². The van der Waals surface area contributed by atoms with Gasteiger partial charge in [0.25, 0.3) is 0 Å². The van der Waals surface area contributed by atoms with E-state index < -0.39 is 29.5 Å². The number of carbonyl (C=O) groups excluding carboxylic acids is 1. The smallest absolute Gasteiger partial charge is 0.318 e. The van der Waals surface area contributed by atoms with Gasteiger partial charge in [0, 0.05) is 5.69 Å². The fourth-order valence-corrected chi connectivity index (χ4v) is 0.975. The Labute approximate surface area is 105 Å². The van der Waals surface area contributed by atoms with E-state index in [-0.39, 0.29) is 0 Å². The number of hydrogen-bond acceptors (Lipinski definition) is 1. The molecular weight excluding hydrogens is 276 g/mol. The molecule has 0 radical (unpaired) electrons. The van der Waals surface area contributed by atoms with E-state index in [0.29, 0.717) is 12.1 Å². The summed E-state index contributed by atoms with van der Waals surface area (Å²) in [6.07, 6.45) is -9.83. The van der Waals surface area contributed by atoms with Crippen LogP contribution in [0.5, 0.6) is 0 Å². The number of hydrogen-bond donors (Lipinski definition) is 1. The zero-order chi connectivity index (χ0) is 15.3. The van der Waals surface area contributed by atoms with Gasteiger partial charge in [-0.05, 0) is 18.2 Å². The zero-order valence-corrected chi connectivity index (χ0v) is 9.99. The van der Waals surface area contributed by atoms with Gasteiger partial charge in [-0.2, -0.15) is 26.3 Å². The Morgan fingerprint density at radius 1 is 1.05 bits per heavy atom. The summed E-state index contributed by atoms with van der Waals surface area (Å²) >= 11 is 0. The first-order chi connectivity index (χ1) is 8.60. The van der Waals surface area contributed by atoms with Crippen LogP contribution in [0.15, 0.2) is 24.3 Å².